The highest BCUT2D eigenvalue weighted by molar-refractivity contribution is 6.46. The number of ketones is 1. The first-order valence-electron chi connectivity index (χ1n) is 12.1. The van der Waals surface area contributed by atoms with E-state index >= 15 is 0 Å². The molecule has 1 amide bonds. The van der Waals surface area contributed by atoms with Crippen molar-refractivity contribution >= 4 is 17.4 Å². The average molecular weight is 513 g/mol. The molecule has 0 spiro atoms. The van der Waals surface area contributed by atoms with E-state index in [0.717, 1.165) is 19.6 Å². The number of aliphatic hydroxyl groups excluding tert-OH is 1. The molecule has 10 nitrogen and oxygen atoms in total. The summed E-state index contributed by atoms with van der Waals surface area (Å²) in [5.74, 6) is -0.978. The highest BCUT2D eigenvalue weighted by atomic mass is 16.5. The van der Waals surface area contributed by atoms with Crippen LogP contribution in [0.4, 0.5) is 0 Å². The number of Topliss-reactive ketones (excluding diaryl/α,β-unsaturated/α-hetero) is 1. The summed E-state index contributed by atoms with van der Waals surface area (Å²) in [7, 11) is 4.46. The van der Waals surface area contributed by atoms with E-state index < -0.39 is 23.5 Å². The fraction of sp³-hybridized carbons (Fsp3) is 0.407. The summed E-state index contributed by atoms with van der Waals surface area (Å²) in [6.07, 6.45) is 0.630. The van der Waals surface area contributed by atoms with Gasteiger partial charge in [-0.2, -0.15) is 0 Å². The smallest absolute Gasteiger partial charge is 0.295 e. The standard InChI is InChI=1S/C27H32N2O8/c1-34-18-6-7-19(20(30)16-18)25(31)23-24(17-5-8-21(35-2)22(15-17)36-3)29(27(33)26(23)32)10-4-9-28-11-13-37-14-12-28/h5-8,15-16,24,30-31H,4,9-14H2,1-3H3/t24-/m1/s1. The van der Waals surface area contributed by atoms with E-state index in [2.05, 4.69) is 4.90 Å². The van der Waals surface area contributed by atoms with Crippen molar-refractivity contribution in [2.24, 2.45) is 0 Å². The first kappa shape index (κ1) is 26.3. The molecule has 198 valence electrons. The van der Waals surface area contributed by atoms with Crippen molar-refractivity contribution in [1.29, 1.82) is 0 Å². The largest absolute Gasteiger partial charge is 0.507 e. The Morgan fingerprint density at radius 2 is 1.70 bits per heavy atom. The van der Waals surface area contributed by atoms with E-state index in [1.54, 1.807) is 24.3 Å². The number of likely N-dealkylation sites (tertiary alicyclic amines) is 1. The van der Waals surface area contributed by atoms with Crippen LogP contribution in [0.2, 0.25) is 0 Å². The van der Waals surface area contributed by atoms with E-state index in [1.807, 2.05) is 0 Å². The number of morpholine rings is 1. The zero-order chi connectivity index (χ0) is 26.5. The molecule has 0 radical (unpaired) electrons. The van der Waals surface area contributed by atoms with E-state index in [9.17, 15) is 19.8 Å². The number of aliphatic hydroxyl groups is 1. The highest BCUT2D eigenvalue weighted by Gasteiger charge is 2.46. The van der Waals surface area contributed by atoms with Gasteiger partial charge in [0.15, 0.2) is 11.5 Å². The molecular formula is C27H32N2O8. The van der Waals surface area contributed by atoms with Crippen LogP contribution in [0.3, 0.4) is 0 Å². The summed E-state index contributed by atoms with van der Waals surface area (Å²) in [5, 5.41) is 21.8. The van der Waals surface area contributed by atoms with Crippen LogP contribution in [0, 0.1) is 0 Å². The third-order valence-electron chi connectivity index (χ3n) is 6.70. The van der Waals surface area contributed by atoms with Gasteiger partial charge in [0, 0.05) is 32.2 Å². The maximum Gasteiger partial charge on any atom is 0.295 e. The van der Waals surface area contributed by atoms with Crippen LogP contribution < -0.4 is 14.2 Å². The lowest BCUT2D eigenvalue weighted by atomic mass is 9.94. The van der Waals surface area contributed by atoms with Crippen molar-refractivity contribution in [3.63, 3.8) is 0 Å². The second-order valence-electron chi connectivity index (χ2n) is 8.80. The number of hydrogen-bond acceptors (Lipinski definition) is 9. The minimum absolute atomic E-state index is 0.0255. The fourth-order valence-electron chi connectivity index (χ4n) is 4.75. The van der Waals surface area contributed by atoms with E-state index in [1.165, 1.54) is 38.4 Å². The van der Waals surface area contributed by atoms with Crippen molar-refractivity contribution in [1.82, 2.24) is 9.80 Å². The van der Waals surface area contributed by atoms with Crippen molar-refractivity contribution < 1.29 is 38.7 Å². The molecule has 1 atom stereocenters. The molecule has 0 unspecified atom stereocenters. The van der Waals surface area contributed by atoms with Gasteiger partial charge in [-0.05, 0) is 36.2 Å². The van der Waals surface area contributed by atoms with Gasteiger partial charge in [0.2, 0.25) is 0 Å². The quantitative estimate of drug-likeness (QED) is 0.297. The molecule has 4 rings (SSSR count). The lowest BCUT2D eigenvalue weighted by Crippen LogP contribution is -2.38. The number of rotatable bonds is 9. The maximum absolute atomic E-state index is 13.3. The minimum atomic E-state index is -0.883. The summed E-state index contributed by atoms with van der Waals surface area (Å²) < 4.78 is 21.3. The lowest BCUT2D eigenvalue weighted by molar-refractivity contribution is -0.140. The van der Waals surface area contributed by atoms with Crippen LogP contribution in [0.25, 0.3) is 5.76 Å². The van der Waals surface area contributed by atoms with Crippen LogP contribution in [0.15, 0.2) is 42.0 Å². The zero-order valence-corrected chi connectivity index (χ0v) is 21.2. The third kappa shape index (κ3) is 5.35. The van der Waals surface area contributed by atoms with Crippen LogP contribution in [-0.4, -0.2) is 92.4 Å². The molecule has 2 aromatic rings. The molecule has 10 heteroatoms. The Labute approximate surface area is 215 Å². The SMILES string of the molecule is COc1ccc(C(O)=C2C(=O)C(=O)N(CCCN3CCOCC3)[C@@H]2c2ccc(OC)c(OC)c2)c(O)c1. The van der Waals surface area contributed by atoms with E-state index in [4.69, 9.17) is 18.9 Å². The summed E-state index contributed by atoms with van der Waals surface area (Å²) >= 11 is 0. The number of phenolic OH excluding ortho intramolecular Hbond substituents is 1. The number of carbonyl (C=O) groups excluding carboxylic acids is 2. The molecule has 2 aliphatic rings. The maximum atomic E-state index is 13.3. The van der Waals surface area contributed by atoms with Crippen LogP contribution in [0.1, 0.15) is 23.6 Å². The van der Waals surface area contributed by atoms with E-state index in [0.29, 0.717) is 49.0 Å². The lowest BCUT2D eigenvalue weighted by Gasteiger charge is -2.29. The van der Waals surface area contributed by atoms with Gasteiger partial charge >= 0.3 is 0 Å². The average Bonchev–Trinajstić information content (AvgIpc) is 3.17. The number of nitrogens with zero attached hydrogens (tertiary/aromatic N) is 2. The Hall–Kier alpha value is -3.76. The number of carbonyl (C=O) groups is 2. The molecular weight excluding hydrogens is 480 g/mol. The summed E-state index contributed by atoms with van der Waals surface area (Å²) in [6, 6.07) is 8.55. The first-order chi connectivity index (χ1) is 17.9. The summed E-state index contributed by atoms with van der Waals surface area (Å²) in [4.78, 5) is 30.3. The summed E-state index contributed by atoms with van der Waals surface area (Å²) in [6.45, 7) is 4.00. The topological polar surface area (TPSA) is 118 Å². The highest BCUT2D eigenvalue weighted by Crippen LogP contribution is 2.43. The first-order valence-corrected chi connectivity index (χ1v) is 12.1. The molecule has 2 saturated heterocycles. The number of amides is 1. The number of methoxy groups -OCH3 is 3. The van der Waals surface area contributed by atoms with Crippen molar-refractivity contribution in [3.05, 3.63) is 53.1 Å². The predicted octanol–water partition coefficient (Wildman–Crippen LogP) is 2.56. The fourth-order valence-corrected chi connectivity index (χ4v) is 4.75. The normalized spacial score (nSPS) is 19.8. The number of benzene rings is 2. The van der Waals surface area contributed by atoms with Crippen LogP contribution >= 0.6 is 0 Å². The van der Waals surface area contributed by atoms with Crippen molar-refractivity contribution in [3.8, 4) is 23.0 Å². The van der Waals surface area contributed by atoms with Gasteiger partial charge in [0.25, 0.3) is 11.7 Å². The molecule has 2 N–H and O–H groups in total. The molecule has 2 heterocycles. The van der Waals surface area contributed by atoms with Gasteiger partial charge in [-0.25, -0.2) is 0 Å². The molecule has 0 aliphatic carbocycles. The molecule has 0 saturated carbocycles. The Morgan fingerprint density at radius 3 is 2.35 bits per heavy atom. The number of hydrogen-bond donors (Lipinski definition) is 2. The Bertz CT molecular complexity index is 1190. The van der Waals surface area contributed by atoms with Crippen LogP contribution in [0.5, 0.6) is 23.0 Å². The third-order valence-corrected chi connectivity index (χ3v) is 6.70. The van der Waals surface area contributed by atoms with E-state index in [-0.39, 0.29) is 16.9 Å². The predicted molar refractivity (Wildman–Crippen MR) is 135 cm³/mol. The minimum Gasteiger partial charge on any atom is -0.507 e. The molecule has 0 aromatic heterocycles. The van der Waals surface area contributed by atoms with Gasteiger partial charge in [0.1, 0.15) is 17.3 Å². The molecule has 2 fully saturated rings. The van der Waals surface area contributed by atoms with Crippen molar-refractivity contribution in [2.75, 3.05) is 60.7 Å². The van der Waals surface area contributed by atoms with Gasteiger partial charge in [-0.1, -0.05) is 6.07 Å². The second-order valence-corrected chi connectivity index (χ2v) is 8.80. The Balaban J connectivity index is 1.75. The molecule has 2 aliphatic heterocycles. The Kier molecular flexibility index (Phi) is 8.20. The monoisotopic (exact) mass is 512 g/mol. The van der Waals surface area contributed by atoms with Crippen LogP contribution in [-0.2, 0) is 14.3 Å². The number of phenols is 1. The molecule has 0 bridgehead atoms. The van der Waals surface area contributed by atoms with Gasteiger partial charge in [-0.15, -0.1) is 0 Å². The van der Waals surface area contributed by atoms with Gasteiger partial charge < -0.3 is 34.1 Å². The van der Waals surface area contributed by atoms with Gasteiger partial charge in [-0.3, -0.25) is 14.5 Å². The Morgan fingerprint density at radius 1 is 0.973 bits per heavy atom. The number of ether oxygens (including phenoxy) is 4. The molecule has 37 heavy (non-hydrogen) atoms. The molecule has 2 aromatic carbocycles. The summed E-state index contributed by atoms with van der Waals surface area (Å²) in [5.41, 5.74) is 0.486. The zero-order valence-electron chi connectivity index (χ0n) is 21.2. The van der Waals surface area contributed by atoms with Crippen molar-refractivity contribution in [2.45, 2.75) is 12.5 Å². The number of aromatic hydroxyl groups is 1. The van der Waals surface area contributed by atoms with Gasteiger partial charge in [0.05, 0.1) is 51.7 Å². The second kappa shape index (κ2) is 11.5.